The Morgan fingerprint density at radius 3 is 2.67 bits per heavy atom. The molecule has 0 spiro atoms. The van der Waals surface area contributed by atoms with Crippen LogP contribution in [0, 0.1) is 0 Å². The zero-order chi connectivity index (χ0) is 16.9. The number of Topliss-reactive ketones (excluding diaryl/α,β-unsaturated/α-hetero) is 1. The molecular formula is C17H16N4O2S. The van der Waals surface area contributed by atoms with Crippen molar-refractivity contribution in [3.05, 3.63) is 54.4 Å². The largest absolute Gasteiger partial charge is 0.497 e. The van der Waals surface area contributed by atoms with E-state index in [9.17, 15) is 4.79 Å². The molecule has 3 rings (SSSR count). The maximum Gasteiger partial charge on any atom is 0.191 e. The minimum absolute atomic E-state index is 0.0357. The van der Waals surface area contributed by atoms with Gasteiger partial charge in [-0.3, -0.25) is 9.78 Å². The maximum atomic E-state index is 12.3. The van der Waals surface area contributed by atoms with Crippen molar-refractivity contribution in [2.45, 2.75) is 5.16 Å². The molecule has 0 atom stereocenters. The summed E-state index contributed by atoms with van der Waals surface area (Å²) < 4.78 is 6.96. The number of carbonyl (C=O) groups is 1. The van der Waals surface area contributed by atoms with E-state index in [1.165, 1.54) is 11.8 Å². The lowest BCUT2D eigenvalue weighted by atomic mass is 10.1. The fourth-order valence-corrected chi connectivity index (χ4v) is 2.98. The molecule has 0 aliphatic rings. The van der Waals surface area contributed by atoms with Gasteiger partial charge in [0.2, 0.25) is 0 Å². The number of benzene rings is 1. The molecule has 1 aromatic carbocycles. The first-order valence-corrected chi connectivity index (χ1v) is 8.27. The van der Waals surface area contributed by atoms with Gasteiger partial charge in [0.15, 0.2) is 16.8 Å². The van der Waals surface area contributed by atoms with Gasteiger partial charge in [-0.25, -0.2) is 0 Å². The van der Waals surface area contributed by atoms with Gasteiger partial charge in [0.1, 0.15) is 5.75 Å². The molecule has 122 valence electrons. The lowest BCUT2D eigenvalue weighted by Gasteiger charge is -2.04. The Bertz CT molecular complexity index is 832. The van der Waals surface area contributed by atoms with Crippen LogP contribution in [0.25, 0.3) is 11.4 Å². The number of thioether (sulfide) groups is 1. The van der Waals surface area contributed by atoms with E-state index in [0.29, 0.717) is 16.5 Å². The topological polar surface area (TPSA) is 69.9 Å². The third kappa shape index (κ3) is 3.46. The lowest BCUT2D eigenvalue weighted by Crippen LogP contribution is -2.04. The number of ether oxygens (including phenoxy) is 1. The van der Waals surface area contributed by atoms with Gasteiger partial charge in [0, 0.05) is 30.6 Å². The fraction of sp³-hybridized carbons (Fsp3) is 0.176. The molecule has 0 aliphatic heterocycles. The molecule has 3 aromatic rings. The summed E-state index contributed by atoms with van der Waals surface area (Å²) in [5.74, 6) is 1.79. The molecule has 2 heterocycles. The second-order valence-electron chi connectivity index (χ2n) is 5.05. The Kier molecular flexibility index (Phi) is 4.90. The molecule has 0 saturated heterocycles. The summed E-state index contributed by atoms with van der Waals surface area (Å²) in [6.07, 6.45) is 3.45. The quantitative estimate of drug-likeness (QED) is 0.508. The van der Waals surface area contributed by atoms with Gasteiger partial charge in [-0.05, 0) is 36.4 Å². The van der Waals surface area contributed by atoms with E-state index in [0.717, 1.165) is 17.1 Å². The zero-order valence-electron chi connectivity index (χ0n) is 13.3. The third-order valence-electron chi connectivity index (χ3n) is 3.50. The summed E-state index contributed by atoms with van der Waals surface area (Å²) >= 11 is 1.36. The van der Waals surface area contributed by atoms with Crippen LogP contribution in [0.5, 0.6) is 5.75 Å². The van der Waals surface area contributed by atoms with Crippen molar-refractivity contribution < 1.29 is 9.53 Å². The summed E-state index contributed by atoms with van der Waals surface area (Å²) in [4.78, 5) is 16.4. The highest BCUT2D eigenvalue weighted by Gasteiger charge is 2.14. The number of rotatable bonds is 6. The fourth-order valence-electron chi connectivity index (χ4n) is 2.18. The van der Waals surface area contributed by atoms with Crippen molar-refractivity contribution in [2.75, 3.05) is 12.9 Å². The number of methoxy groups -OCH3 is 1. The van der Waals surface area contributed by atoms with Crippen LogP contribution in [-0.4, -0.2) is 38.4 Å². The molecule has 7 heteroatoms. The van der Waals surface area contributed by atoms with Crippen molar-refractivity contribution in [1.82, 2.24) is 19.7 Å². The number of carbonyl (C=O) groups excluding carboxylic acids is 1. The molecule has 24 heavy (non-hydrogen) atoms. The third-order valence-corrected chi connectivity index (χ3v) is 4.52. The normalized spacial score (nSPS) is 10.6. The maximum absolute atomic E-state index is 12.3. The number of nitrogens with zero attached hydrogens (tertiary/aromatic N) is 4. The highest BCUT2D eigenvalue weighted by atomic mass is 32.2. The van der Waals surface area contributed by atoms with E-state index in [1.54, 1.807) is 43.8 Å². The summed E-state index contributed by atoms with van der Waals surface area (Å²) in [5.41, 5.74) is 1.54. The van der Waals surface area contributed by atoms with Crippen LogP contribution in [0.4, 0.5) is 0 Å². The second-order valence-corrected chi connectivity index (χ2v) is 5.99. The van der Waals surface area contributed by atoms with Gasteiger partial charge in [0.25, 0.3) is 0 Å². The number of pyridine rings is 1. The number of hydrogen-bond donors (Lipinski definition) is 0. The smallest absolute Gasteiger partial charge is 0.191 e. The number of ketones is 1. The monoisotopic (exact) mass is 340 g/mol. The molecule has 6 nitrogen and oxygen atoms in total. The molecule has 0 radical (unpaired) electrons. The Morgan fingerprint density at radius 1 is 1.21 bits per heavy atom. The second kappa shape index (κ2) is 7.27. The van der Waals surface area contributed by atoms with Gasteiger partial charge in [-0.15, -0.1) is 10.2 Å². The number of aromatic nitrogens is 4. The van der Waals surface area contributed by atoms with Crippen LogP contribution >= 0.6 is 11.8 Å². The van der Waals surface area contributed by atoms with E-state index >= 15 is 0 Å². The first-order chi connectivity index (χ1) is 11.7. The van der Waals surface area contributed by atoms with E-state index in [-0.39, 0.29) is 5.78 Å². The number of hydrogen-bond acceptors (Lipinski definition) is 6. The Balaban J connectivity index is 1.68. The van der Waals surface area contributed by atoms with E-state index in [2.05, 4.69) is 15.2 Å². The van der Waals surface area contributed by atoms with Crippen LogP contribution in [-0.2, 0) is 7.05 Å². The zero-order valence-corrected chi connectivity index (χ0v) is 14.2. The van der Waals surface area contributed by atoms with Crippen molar-refractivity contribution in [3.8, 4) is 17.1 Å². The summed E-state index contributed by atoms with van der Waals surface area (Å²) in [6.45, 7) is 0. The summed E-state index contributed by atoms with van der Waals surface area (Å²) in [7, 11) is 3.48. The molecule has 0 saturated carbocycles. The van der Waals surface area contributed by atoms with E-state index in [1.807, 2.05) is 23.7 Å². The molecule has 2 aromatic heterocycles. The van der Waals surface area contributed by atoms with E-state index < -0.39 is 0 Å². The molecule has 0 amide bonds. The highest BCUT2D eigenvalue weighted by molar-refractivity contribution is 7.99. The van der Waals surface area contributed by atoms with Crippen LogP contribution in [0.1, 0.15) is 10.4 Å². The minimum atomic E-state index is 0.0357. The van der Waals surface area contributed by atoms with Crippen molar-refractivity contribution in [2.24, 2.45) is 7.05 Å². The van der Waals surface area contributed by atoms with Crippen LogP contribution in [0.15, 0.2) is 53.9 Å². The van der Waals surface area contributed by atoms with Gasteiger partial charge >= 0.3 is 0 Å². The standard InChI is InChI=1S/C17H16N4O2S/c1-21-16(13-4-3-9-18-10-13)19-20-17(21)24-11-15(22)12-5-7-14(23-2)8-6-12/h3-10H,11H2,1-2H3. The van der Waals surface area contributed by atoms with Crippen LogP contribution in [0.2, 0.25) is 0 Å². The molecule has 0 fully saturated rings. The highest BCUT2D eigenvalue weighted by Crippen LogP contribution is 2.23. The predicted molar refractivity (Wildman–Crippen MR) is 92.3 cm³/mol. The predicted octanol–water partition coefficient (Wildman–Crippen LogP) is 2.86. The van der Waals surface area contributed by atoms with Crippen molar-refractivity contribution in [1.29, 1.82) is 0 Å². The van der Waals surface area contributed by atoms with Gasteiger partial charge in [-0.2, -0.15) is 0 Å². The van der Waals surface area contributed by atoms with Crippen molar-refractivity contribution >= 4 is 17.5 Å². The SMILES string of the molecule is COc1ccc(C(=O)CSc2nnc(-c3cccnc3)n2C)cc1. The van der Waals surface area contributed by atoms with Crippen molar-refractivity contribution in [3.63, 3.8) is 0 Å². The molecule has 0 N–H and O–H groups in total. The van der Waals surface area contributed by atoms with Gasteiger partial charge in [0.05, 0.1) is 12.9 Å². The molecule has 0 unspecified atom stereocenters. The average molecular weight is 340 g/mol. The summed E-state index contributed by atoms with van der Waals surface area (Å²) in [5, 5.41) is 9.04. The Morgan fingerprint density at radius 2 is 2.00 bits per heavy atom. The van der Waals surface area contributed by atoms with Gasteiger partial charge < -0.3 is 9.30 Å². The first-order valence-electron chi connectivity index (χ1n) is 7.29. The minimum Gasteiger partial charge on any atom is -0.497 e. The van der Waals surface area contributed by atoms with Crippen LogP contribution < -0.4 is 4.74 Å². The van der Waals surface area contributed by atoms with Gasteiger partial charge in [-0.1, -0.05) is 11.8 Å². The Labute approximate surface area is 143 Å². The molecule has 0 bridgehead atoms. The van der Waals surface area contributed by atoms with Crippen LogP contribution in [0.3, 0.4) is 0 Å². The molecule has 0 aliphatic carbocycles. The average Bonchev–Trinajstić information content (AvgIpc) is 3.01. The molecular weight excluding hydrogens is 324 g/mol. The summed E-state index contributed by atoms with van der Waals surface area (Å²) in [6, 6.07) is 10.9. The first kappa shape index (κ1) is 16.2. The Hall–Kier alpha value is -2.67. The lowest BCUT2D eigenvalue weighted by molar-refractivity contribution is 0.102. The van der Waals surface area contributed by atoms with E-state index in [4.69, 9.17) is 4.74 Å².